The minimum atomic E-state index is -0.216. The molecule has 5 nitrogen and oxygen atoms in total. The summed E-state index contributed by atoms with van der Waals surface area (Å²) in [7, 11) is 1.60. The molecule has 104 valence electrons. The molecule has 0 saturated heterocycles. The predicted molar refractivity (Wildman–Crippen MR) is 80.5 cm³/mol. The maximum absolute atomic E-state index is 12.4. The molecule has 0 aliphatic heterocycles. The number of benzene rings is 2. The number of rotatable bonds is 3. The van der Waals surface area contributed by atoms with Gasteiger partial charge in [0.2, 0.25) is 0 Å². The Hall–Kier alpha value is -2.95. The summed E-state index contributed by atoms with van der Waals surface area (Å²) in [5.41, 5.74) is 2.48. The number of hydrogen-bond donors (Lipinski definition) is 1. The van der Waals surface area contributed by atoms with Gasteiger partial charge in [0.15, 0.2) is 0 Å². The van der Waals surface area contributed by atoms with Crippen LogP contribution in [0.5, 0.6) is 5.75 Å². The predicted octanol–water partition coefficient (Wildman–Crippen LogP) is 2.89. The number of ether oxygens (including phenoxy) is 1. The van der Waals surface area contributed by atoms with Crippen molar-refractivity contribution in [2.24, 2.45) is 0 Å². The molecule has 0 unspecified atom stereocenters. The molecular formula is C16H13N3O2. The summed E-state index contributed by atoms with van der Waals surface area (Å²) in [6, 6.07) is 12.5. The Bertz CT molecular complexity index is 780. The van der Waals surface area contributed by atoms with Crippen LogP contribution in [0.2, 0.25) is 0 Å². The molecule has 0 aliphatic carbocycles. The van der Waals surface area contributed by atoms with E-state index in [4.69, 9.17) is 4.74 Å². The Morgan fingerprint density at radius 2 is 1.81 bits per heavy atom. The maximum atomic E-state index is 12.4. The second-order valence-corrected chi connectivity index (χ2v) is 4.41. The summed E-state index contributed by atoms with van der Waals surface area (Å²) in [5, 5.41) is 2.84. The van der Waals surface area contributed by atoms with Crippen molar-refractivity contribution in [3.8, 4) is 5.75 Å². The van der Waals surface area contributed by atoms with Gasteiger partial charge < -0.3 is 10.1 Å². The molecule has 0 spiro atoms. The Morgan fingerprint density at radius 1 is 1.05 bits per heavy atom. The smallest absolute Gasteiger partial charge is 0.257 e. The van der Waals surface area contributed by atoms with Crippen molar-refractivity contribution in [1.82, 2.24) is 9.97 Å². The average molecular weight is 279 g/mol. The molecule has 21 heavy (non-hydrogen) atoms. The van der Waals surface area contributed by atoms with Gasteiger partial charge in [-0.2, -0.15) is 0 Å². The average Bonchev–Trinajstić information content (AvgIpc) is 2.55. The van der Waals surface area contributed by atoms with E-state index in [1.807, 2.05) is 6.07 Å². The molecule has 0 radical (unpaired) electrons. The molecular weight excluding hydrogens is 266 g/mol. The van der Waals surface area contributed by atoms with E-state index in [0.717, 1.165) is 5.75 Å². The summed E-state index contributed by atoms with van der Waals surface area (Å²) in [6.45, 7) is 0. The third kappa shape index (κ3) is 2.67. The molecule has 1 N–H and O–H groups in total. The monoisotopic (exact) mass is 279 g/mol. The highest BCUT2D eigenvalue weighted by Crippen LogP contribution is 2.18. The van der Waals surface area contributed by atoms with Crippen LogP contribution in [0.4, 0.5) is 5.69 Å². The van der Waals surface area contributed by atoms with Gasteiger partial charge in [-0.25, -0.2) is 0 Å². The van der Waals surface area contributed by atoms with Crippen LogP contribution in [0.1, 0.15) is 10.4 Å². The highest BCUT2D eigenvalue weighted by molar-refractivity contribution is 6.11. The van der Waals surface area contributed by atoms with Crippen LogP contribution in [-0.4, -0.2) is 23.0 Å². The maximum Gasteiger partial charge on any atom is 0.257 e. The number of methoxy groups -OCH3 is 1. The molecule has 1 amide bonds. The van der Waals surface area contributed by atoms with Gasteiger partial charge in [-0.1, -0.05) is 6.07 Å². The third-order valence-electron chi connectivity index (χ3n) is 3.09. The standard InChI is InChI=1S/C16H13N3O2/c1-21-12-7-5-11(6-8-12)19-16(20)13-3-2-4-14-15(13)18-10-9-17-14/h2-10H,1H3,(H,19,20). The molecule has 3 rings (SSSR count). The lowest BCUT2D eigenvalue weighted by Gasteiger charge is -2.07. The van der Waals surface area contributed by atoms with Crippen molar-refractivity contribution in [1.29, 1.82) is 0 Å². The van der Waals surface area contributed by atoms with Crippen LogP contribution < -0.4 is 10.1 Å². The van der Waals surface area contributed by atoms with E-state index in [1.165, 1.54) is 0 Å². The molecule has 0 aliphatic rings. The second kappa shape index (κ2) is 5.58. The SMILES string of the molecule is COc1ccc(NC(=O)c2cccc3nccnc23)cc1. The van der Waals surface area contributed by atoms with Crippen LogP contribution in [0.15, 0.2) is 54.9 Å². The van der Waals surface area contributed by atoms with E-state index >= 15 is 0 Å². The molecule has 5 heteroatoms. The topological polar surface area (TPSA) is 64.1 Å². The fraction of sp³-hybridized carbons (Fsp3) is 0.0625. The zero-order valence-electron chi connectivity index (χ0n) is 11.4. The second-order valence-electron chi connectivity index (χ2n) is 4.41. The van der Waals surface area contributed by atoms with E-state index in [-0.39, 0.29) is 5.91 Å². The highest BCUT2D eigenvalue weighted by atomic mass is 16.5. The van der Waals surface area contributed by atoms with E-state index in [2.05, 4.69) is 15.3 Å². The number of amides is 1. The van der Waals surface area contributed by atoms with Gasteiger partial charge in [0, 0.05) is 18.1 Å². The van der Waals surface area contributed by atoms with Gasteiger partial charge >= 0.3 is 0 Å². The molecule has 0 saturated carbocycles. The summed E-state index contributed by atoms with van der Waals surface area (Å²) < 4.78 is 5.09. The molecule has 0 bridgehead atoms. The van der Waals surface area contributed by atoms with Crippen LogP contribution in [0.3, 0.4) is 0 Å². The number of carbonyl (C=O) groups is 1. The first-order valence-corrected chi connectivity index (χ1v) is 6.43. The number of hydrogen-bond acceptors (Lipinski definition) is 4. The number of carbonyl (C=O) groups excluding carboxylic acids is 1. The Morgan fingerprint density at radius 3 is 2.57 bits per heavy atom. The van der Waals surface area contributed by atoms with Crippen LogP contribution >= 0.6 is 0 Å². The molecule has 1 heterocycles. The Balaban J connectivity index is 1.90. The molecule has 1 aromatic heterocycles. The van der Waals surface area contributed by atoms with E-state index < -0.39 is 0 Å². The van der Waals surface area contributed by atoms with Crippen LogP contribution in [-0.2, 0) is 0 Å². The van der Waals surface area contributed by atoms with Gasteiger partial charge in [-0.3, -0.25) is 14.8 Å². The van der Waals surface area contributed by atoms with Gasteiger partial charge in [0.05, 0.1) is 18.2 Å². The van der Waals surface area contributed by atoms with Crippen molar-refractivity contribution in [3.05, 3.63) is 60.4 Å². The normalized spacial score (nSPS) is 10.3. The van der Waals surface area contributed by atoms with Gasteiger partial charge in [-0.15, -0.1) is 0 Å². The van der Waals surface area contributed by atoms with Crippen molar-refractivity contribution in [3.63, 3.8) is 0 Å². The van der Waals surface area contributed by atoms with Crippen molar-refractivity contribution >= 4 is 22.6 Å². The third-order valence-corrected chi connectivity index (χ3v) is 3.09. The number of anilines is 1. The van der Waals surface area contributed by atoms with Crippen molar-refractivity contribution < 1.29 is 9.53 Å². The fourth-order valence-corrected chi connectivity index (χ4v) is 2.05. The van der Waals surface area contributed by atoms with E-state index in [9.17, 15) is 4.79 Å². The number of nitrogens with one attached hydrogen (secondary N) is 1. The fourth-order valence-electron chi connectivity index (χ4n) is 2.05. The molecule has 3 aromatic rings. The van der Waals surface area contributed by atoms with E-state index in [1.54, 1.807) is 55.9 Å². The number of nitrogens with zero attached hydrogens (tertiary/aromatic N) is 2. The van der Waals surface area contributed by atoms with E-state index in [0.29, 0.717) is 22.3 Å². The summed E-state index contributed by atoms with van der Waals surface area (Å²) in [6.07, 6.45) is 3.18. The lowest BCUT2D eigenvalue weighted by molar-refractivity contribution is 0.102. The summed E-state index contributed by atoms with van der Waals surface area (Å²) >= 11 is 0. The van der Waals surface area contributed by atoms with Gasteiger partial charge in [0.1, 0.15) is 11.3 Å². The molecule has 0 fully saturated rings. The number of fused-ring (bicyclic) bond motifs is 1. The first kappa shape index (κ1) is 13.1. The minimum Gasteiger partial charge on any atom is -0.497 e. The van der Waals surface area contributed by atoms with Gasteiger partial charge in [0.25, 0.3) is 5.91 Å². The summed E-state index contributed by atoms with van der Waals surface area (Å²) in [4.78, 5) is 20.8. The quantitative estimate of drug-likeness (QED) is 0.800. The zero-order chi connectivity index (χ0) is 14.7. The minimum absolute atomic E-state index is 0.216. The highest BCUT2D eigenvalue weighted by Gasteiger charge is 2.11. The Kier molecular flexibility index (Phi) is 3.47. The van der Waals surface area contributed by atoms with Crippen molar-refractivity contribution in [2.75, 3.05) is 12.4 Å². The van der Waals surface area contributed by atoms with Crippen LogP contribution in [0.25, 0.3) is 11.0 Å². The van der Waals surface area contributed by atoms with Crippen molar-refractivity contribution in [2.45, 2.75) is 0 Å². The zero-order valence-corrected chi connectivity index (χ0v) is 11.4. The largest absolute Gasteiger partial charge is 0.497 e. The lowest BCUT2D eigenvalue weighted by atomic mass is 10.1. The lowest BCUT2D eigenvalue weighted by Crippen LogP contribution is -2.12. The molecule has 0 atom stereocenters. The summed E-state index contributed by atoms with van der Waals surface area (Å²) in [5.74, 6) is 0.523. The molecule has 2 aromatic carbocycles. The van der Waals surface area contributed by atoms with Gasteiger partial charge in [-0.05, 0) is 36.4 Å². The number of aromatic nitrogens is 2. The first-order valence-electron chi connectivity index (χ1n) is 6.43. The Labute approximate surface area is 121 Å². The first-order chi connectivity index (χ1) is 10.3. The number of para-hydroxylation sites is 1. The van der Waals surface area contributed by atoms with Crippen LogP contribution in [0, 0.1) is 0 Å².